The van der Waals surface area contributed by atoms with Crippen molar-refractivity contribution in [1.82, 2.24) is 9.97 Å². The standard InChI is InChI=1S/C20H17N5O5/c1-12(26)14-4-3-5-16(10-14)24-19-17(25(28)29)18(21-11-22-19)23-15-8-6-13(7-9-15)20(27)30-2/h3-11H,1-2H3,(H2,21,22,23,24). The van der Waals surface area contributed by atoms with E-state index in [0.717, 1.165) is 0 Å². The summed E-state index contributed by atoms with van der Waals surface area (Å²) in [5.41, 5.74) is 1.38. The molecular formula is C20H17N5O5. The van der Waals surface area contributed by atoms with Gasteiger partial charge < -0.3 is 15.4 Å². The zero-order valence-electron chi connectivity index (χ0n) is 16.1. The Bertz CT molecular complexity index is 1110. The molecular weight excluding hydrogens is 390 g/mol. The van der Waals surface area contributed by atoms with Crippen LogP contribution >= 0.6 is 0 Å². The maximum atomic E-state index is 11.7. The van der Waals surface area contributed by atoms with Crippen molar-refractivity contribution in [2.75, 3.05) is 17.7 Å². The smallest absolute Gasteiger partial charge is 0.353 e. The van der Waals surface area contributed by atoms with Crippen molar-refractivity contribution in [2.45, 2.75) is 6.92 Å². The van der Waals surface area contributed by atoms with E-state index in [1.165, 1.54) is 32.5 Å². The Balaban J connectivity index is 1.91. The van der Waals surface area contributed by atoms with E-state index in [4.69, 9.17) is 0 Å². The molecule has 0 radical (unpaired) electrons. The molecule has 30 heavy (non-hydrogen) atoms. The molecule has 1 heterocycles. The van der Waals surface area contributed by atoms with Gasteiger partial charge in [-0.05, 0) is 43.3 Å². The Morgan fingerprint density at radius 1 is 0.967 bits per heavy atom. The Labute approximate surface area is 171 Å². The van der Waals surface area contributed by atoms with Gasteiger partial charge >= 0.3 is 11.7 Å². The van der Waals surface area contributed by atoms with Crippen molar-refractivity contribution < 1.29 is 19.2 Å². The van der Waals surface area contributed by atoms with Gasteiger partial charge in [0.05, 0.1) is 17.6 Å². The number of carbonyl (C=O) groups is 2. The number of nitrogens with zero attached hydrogens (tertiary/aromatic N) is 3. The number of hydrogen-bond acceptors (Lipinski definition) is 9. The summed E-state index contributed by atoms with van der Waals surface area (Å²) in [5, 5.41) is 17.4. The summed E-state index contributed by atoms with van der Waals surface area (Å²) in [4.78, 5) is 42.1. The summed E-state index contributed by atoms with van der Waals surface area (Å²) in [6.07, 6.45) is 1.18. The van der Waals surface area contributed by atoms with Crippen molar-refractivity contribution in [2.24, 2.45) is 0 Å². The molecule has 0 fully saturated rings. The summed E-state index contributed by atoms with van der Waals surface area (Å²) in [6.45, 7) is 1.43. The number of hydrogen-bond donors (Lipinski definition) is 2. The number of benzene rings is 2. The summed E-state index contributed by atoms with van der Waals surface area (Å²) >= 11 is 0. The van der Waals surface area contributed by atoms with E-state index < -0.39 is 10.9 Å². The van der Waals surface area contributed by atoms with Gasteiger partial charge in [0.25, 0.3) is 0 Å². The van der Waals surface area contributed by atoms with Crippen LogP contribution in [0.5, 0.6) is 0 Å². The van der Waals surface area contributed by atoms with Crippen molar-refractivity contribution in [3.63, 3.8) is 0 Å². The highest BCUT2D eigenvalue weighted by atomic mass is 16.6. The van der Waals surface area contributed by atoms with Gasteiger partial charge in [-0.1, -0.05) is 12.1 Å². The van der Waals surface area contributed by atoms with Crippen LogP contribution in [-0.4, -0.2) is 33.8 Å². The molecule has 0 saturated heterocycles. The van der Waals surface area contributed by atoms with Gasteiger partial charge in [-0.2, -0.15) is 0 Å². The quantitative estimate of drug-likeness (QED) is 0.259. The number of ether oxygens (including phenoxy) is 1. The van der Waals surface area contributed by atoms with Gasteiger partial charge in [-0.15, -0.1) is 0 Å². The van der Waals surface area contributed by atoms with Crippen molar-refractivity contribution >= 4 is 40.5 Å². The van der Waals surface area contributed by atoms with Crippen LogP contribution < -0.4 is 10.6 Å². The average molecular weight is 407 g/mol. The molecule has 0 aliphatic rings. The Hall–Kier alpha value is -4.34. The maximum absolute atomic E-state index is 11.7. The number of aromatic nitrogens is 2. The van der Waals surface area contributed by atoms with Crippen LogP contribution in [0.1, 0.15) is 27.6 Å². The summed E-state index contributed by atoms with van der Waals surface area (Å²) < 4.78 is 4.64. The third-order valence-electron chi connectivity index (χ3n) is 4.11. The Morgan fingerprint density at radius 2 is 1.60 bits per heavy atom. The molecule has 0 aliphatic heterocycles. The Morgan fingerprint density at radius 3 is 2.17 bits per heavy atom. The molecule has 0 atom stereocenters. The number of ketones is 1. The molecule has 2 N–H and O–H groups in total. The third-order valence-corrected chi connectivity index (χ3v) is 4.11. The predicted octanol–water partition coefficient (Wildman–Crippen LogP) is 3.86. The fourth-order valence-corrected chi connectivity index (χ4v) is 2.63. The largest absolute Gasteiger partial charge is 0.465 e. The second-order valence-electron chi connectivity index (χ2n) is 6.13. The molecule has 3 rings (SSSR count). The first-order chi connectivity index (χ1) is 14.4. The minimum atomic E-state index is -0.609. The highest BCUT2D eigenvalue weighted by molar-refractivity contribution is 5.95. The van der Waals surface area contributed by atoms with E-state index in [1.807, 2.05) is 0 Å². The summed E-state index contributed by atoms with van der Waals surface area (Å²) in [5.74, 6) is -0.696. The number of nitro groups is 1. The van der Waals surface area contributed by atoms with Crippen molar-refractivity contribution in [3.8, 4) is 0 Å². The number of anilines is 4. The number of methoxy groups -OCH3 is 1. The Kier molecular flexibility index (Phi) is 5.97. The SMILES string of the molecule is COC(=O)c1ccc(Nc2ncnc(Nc3cccc(C(C)=O)c3)c2[N+](=O)[O-])cc1. The lowest BCUT2D eigenvalue weighted by molar-refractivity contribution is -0.383. The first kappa shape index (κ1) is 20.4. The van der Waals surface area contributed by atoms with E-state index in [0.29, 0.717) is 22.5 Å². The second kappa shape index (κ2) is 8.78. The van der Waals surface area contributed by atoms with Crippen LogP contribution in [0.15, 0.2) is 54.9 Å². The molecule has 0 unspecified atom stereocenters. The van der Waals surface area contributed by atoms with Gasteiger partial charge in [-0.25, -0.2) is 14.8 Å². The molecule has 152 valence electrons. The van der Waals surface area contributed by atoms with E-state index >= 15 is 0 Å². The fraction of sp³-hybridized carbons (Fsp3) is 0.100. The molecule has 3 aromatic rings. The zero-order valence-corrected chi connectivity index (χ0v) is 16.1. The molecule has 10 nitrogen and oxygen atoms in total. The van der Waals surface area contributed by atoms with Crippen LogP contribution in [0.2, 0.25) is 0 Å². The fourth-order valence-electron chi connectivity index (χ4n) is 2.63. The molecule has 0 saturated carbocycles. The lowest BCUT2D eigenvalue weighted by Gasteiger charge is -2.11. The van der Waals surface area contributed by atoms with E-state index in [-0.39, 0.29) is 23.1 Å². The van der Waals surface area contributed by atoms with E-state index in [9.17, 15) is 19.7 Å². The molecule has 0 amide bonds. The molecule has 0 bridgehead atoms. The van der Waals surface area contributed by atoms with Gasteiger partial charge in [0.1, 0.15) is 6.33 Å². The molecule has 1 aromatic heterocycles. The lowest BCUT2D eigenvalue weighted by atomic mass is 10.1. The highest BCUT2D eigenvalue weighted by Crippen LogP contribution is 2.33. The number of carbonyl (C=O) groups excluding carboxylic acids is 2. The number of rotatable bonds is 7. The number of esters is 1. The zero-order chi connectivity index (χ0) is 21.7. The summed E-state index contributed by atoms with van der Waals surface area (Å²) in [6, 6.07) is 12.7. The lowest BCUT2D eigenvalue weighted by Crippen LogP contribution is -2.06. The molecule has 2 aromatic carbocycles. The van der Waals surface area contributed by atoms with Crippen LogP contribution in [0.4, 0.5) is 28.7 Å². The molecule has 0 aliphatic carbocycles. The highest BCUT2D eigenvalue weighted by Gasteiger charge is 2.23. The van der Waals surface area contributed by atoms with Crippen LogP contribution in [0.3, 0.4) is 0 Å². The minimum absolute atomic E-state index is 0.0361. The molecule has 10 heteroatoms. The monoisotopic (exact) mass is 407 g/mol. The predicted molar refractivity (Wildman–Crippen MR) is 109 cm³/mol. The first-order valence-corrected chi connectivity index (χ1v) is 8.72. The average Bonchev–Trinajstić information content (AvgIpc) is 2.74. The number of Topliss-reactive ketones (excluding diaryl/α,β-unsaturated/α-hetero) is 1. The number of nitrogens with one attached hydrogen (secondary N) is 2. The second-order valence-corrected chi connectivity index (χ2v) is 6.13. The van der Waals surface area contributed by atoms with Gasteiger partial charge in [0.2, 0.25) is 11.6 Å². The van der Waals surface area contributed by atoms with Crippen LogP contribution in [0, 0.1) is 10.1 Å². The van der Waals surface area contributed by atoms with Crippen LogP contribution in [0.25, 0.3) is 0 Å². The van der Waals surface area contributed by atoms with Gasteiger partial charge in [-0.3, -0.25) is 14.9 Å². The minimum Gasteiger partial charge on any atom is -0.465 e. The molecule has 0 spiro atoms. The van der Waals surface area contributed by atoms with Crippen molar-refractivity contribution in [1.29, 1.82) is 0 Å². The summed E-state index contributed by atoms with van der Waals surface area (Å²) in [7, 11) is 1.28. The van der Waals surface area contributed by atoms with Gasteiger partial charge in [0.15, 0.2) is 5.78 Å². The van der Waals surface area contributed by atoms with Crippen molar-refractivity contribution in [3.05, 3.63) is 76.1 Å². The third kappa shape index (κ3) is 4.55. The van der Waals surface area contributed by atoms with Crippen LogP contribution in [-0.2, 0) is 4.74 Å². The maximum Gasteiger partial charge on any atom is 0.353 e. The van der Waals surface area contributed by atoms with Gasteiger partial charge in [0, 0.05) is 16.9 Å². The van der Waals surface area contributed by atoms with E-state index in [1.54, 1.807) is 36.4 Å². The first-order valence-electron chi connectivity index (χ1n) is 8.72. The topological polar surface area (TPSA) is 136 Å². The van der Waals surface area contributed by atoms with E-state index in [2.05, 4.69) is 25.3 Å². The normalized spacial score (nSPS) is 10.2.